The fraction of sp³-hybridized carbons (Fsp3) is 0. The first-order valence-corrected chi connectivity index (χ1v) is 46.9. The molecule has 8 nitrogen and oxygen atoms in total. The third kappa shape index (κ3) is 12.3. The smallest absolute Gasteiger partial charge is 0.0788 e. The molecule has 0 amide bonds. The Bertz CT molecular complexity index is 10200. The Morgan fingerprint density at radius 2 is 0.372 bits per heavy atom. The van der Waals surface area contributed by atoms with Crippen LogP contribution in [0, 0.1) is 0 Å². The van der Waals surface area contributed by atoms with Crippen molar-refractivity contribution in [2.24, 2.45) is 0 Å². The summed E-state index contributed by atoms with van der Waals surface area (Å²) in [7, 11) is 0. The van der Waals surface area contributed by atoms with Gasteiger partial charge in [0.05, 0.1) is 94.3 Å². The SMILES string of the molecule is c1ccc(-c2ccc3nc(-c4ccc5c(c4)c4cc6c7ccccc7n(-c7ccccc7)c6cc4n5-c4ccccc4)c4ccccc4c3c2)cc1.c1ccc(-c2ccc3nc(-c4ccc5c(c4)c4cccc6c7ccccc7n5c64)c4ccccc4c3c2)cc1.c1ccc(-n2c3ccccc3c3cc4c5cc(-c6nc7ccccc7c7ccccc67)ccc5n(-c5ccccc5)c4cc32)cc1. The number of fused-ring (bicyclic) bond motifs is 27. The highest BCUT2D eigenvalue weighted by Crippen LogP contribution is 2.48. The number of pyridine rings is 3. The topological polar surface area (TPSA) is 62.8 Å². The highest BCUT2D eigenvalue weighted by atomic mass is 15.0. The molecule has 30 aromatic rings. The van der Waals surface area contributed by atoms with E-state index in [2.05, 4.69) is 508 Å². The van der Waals surface area contributed by atoms with Gasteiger partial charge in [0.1, 0.15) is 0 Å². The second kappa shape index (κ2) is 31.2. The van der Waals surface area contributed by atoms with Crippen LogP contribution in [-0.4, -0.2) is 37.6 Å². The van der Waals surface area contributed by atoms with E-state index in [1.54, 1.807) is 0 Å². The van der Waals surface area contributed by atoms with Crippen molar-refractivity contribution in [3.63, 3.8) is 0 Å². The molecule has 636 valence electrons. The average molecular weight is 1740 g/mol. The zero-order valence-electron chi connectivity index (χ0n) is 74.3. The number of hydrogen-bond donors (Lipinski definition) is 0. The molecule has 9 aromatic heterocycles. The van der Waals surface area contributed by atoms with Gasteiger partial charge in [-0.25, -0.2) is 15.0 Å². The number of nitrogens with zero attached hydrogens (tertiary/aromatic N) is 8. The fourth-order valence-corrected chi connectivity index (χ4v) is 22.4. The van der Waals surface area contributed by atoms with Gasteiger partial charge >= 0.3 is 0 Å². The van der Waals surface area contributed by atoms with Crippen LogP contribution in [0.2, 0.25) is 0 Å². The van der Waals surface area contributed by atoms with Crippen molar-refractivity contribution in [1.29, 1.82) is 0 Å². The molecule has 0 saturated carbocycles. The lowest BCUT2D eigenvalue weighted by atomic mass is 9.96. The van der Waals surface area contributed by atoms with Crippen LogP contribution in [0.25, 0.3) is 269 Å². The van der Waals surface area contributed by atoms with Crippen LogP contribution in [0.5, 0.6) is 0 Å². The Hall–Kier alpha value is -18.4. The molecule has 9 heterocycles. The van der Waals surface area contributed by atoms with Gasteiger partial charge in [-0.2, -0.15) is 0 Å². The first-order chi connectivity index (χ1) is 68.0. The summed E-state index contributed by atoms with van der Waals surface area (Å²) < 4.78 is 12.0. The lowest BCUT2D eigenvalue weighted by molar-refractivity contribution is 1.16. The fourth-order valence-electron chi connectivity index (χ4n) is 22.4. The molecule has 0 fully saturated rings. The van der Waals surface area contributed by atoms with Crippen molar-refractivity contribution < 1.29 is 0 Å². The molecule has 0 aliphatic heterocycles. The molecule has 0 spiro atoms. The second-order valence-corrected chi connectivity index (χ2v) is 36.0. The van der Waals surface area contributed by atoms with Gasteiger partial charge in [0.2, 0.25) is 0 Å². The molecule has 0 aliphatic carbocycles. The van der Waals surface area contributed by atoms with Crippen molar-refractivity contribution in [2.75, 3.05) is 0 Å². The van der Waals surface area contributed by atoms with E-state index < -0.39 is 0 Å². The number of aromatic nitrogens is 8. The Morgan fingerprint density at radius 3 is 0.774 bits per heavy atom. The van der Waals surface area contributed by atoms with Crippen molar-refractivity contribution in [1.82, 2.24) is 37.6 Å². The second-order valence-electron chi connectivity index (χ2n) is 36.0. The summed E-state index contributed by atoms with van der Waals surface area (Å²) >= 11 is 0. The van der Waals surface area contributed by atoms with Crippen LogP contribution in [0.1, 0.15) is 0 Å². The number of hydrogen-bond acceptors (Lipinski definition) is 3. The maximum atomic E-state index is 5.38. The molecular formula is C129H80N8. The van der Waals surface area contributed by atoms with Gasteiger partial charge < -0.3 is 22.7 Å². The summed E-state index contributed by atoms with van der Waals surface area (Å²) in [6, 6.07) is 175. The summed E-state index contributed by atoms with van der Waals surface area (Å²) in [5.74, 6) is 0. The molecule has 0 saturated heterocycles. The molecule has 21 aromatic carbocycles. The Morgan fingerprint density at radius 1 is 0.124 bits per heavy atom. The molecule has 30 rings (SSSR count). The van der Waals surface area contributed by atoms with E-state index in [9.17, 15) is 0 Å². The van der Waals surface area contributed by atoms with Gasteiger partial charge in [-0.3, -0.25) is 0 Å². The molecule has 0 atom stereocenters. The summed E-state index contributed by atoms with van der Waals surface area (Å²) in [5.41, 5.74) is 32.2. The van der Waals surface area contributed by atoms with Crippen molar-refractivity contribution in [3.8, 4) is 78.8 Å². The van der Waals surface area contributed by atoms with Gasteiger partial charge in [0.25, 0.3) is 0 Å². The van der Waals surface area contributed by atoms with Crippen LogP contribution < -0.4 is 0 Å². The van der Waals surface area contributed by atoms with Crippen molar-refractivity contribution in [3.05, 3.63) is 485 Å². The third-order valence-corrected chi connectivity index (χ3v) is 28.4. The zero-order chi connectivity index (χ0) is 89.9. The molecule has 0 bridgehead atoms. The Kier molecular flexibility index (Phi) is 17.6. The molecule has 0 radical (unpaired) electrons. The van der Waals surface area contributed by atoms with Crippen molar-refractivity contribution in [2.45, 2.75) is 0 Å². The summed E-state index contributed by atoms with van der Waals surface area (Å²) in [6.07, 6.45) is 0. The van der Waals surface area contributed by atoms with E-state index in [4.69, 9.17) is 15.0 Å². The lowest BCUT2D eigenvalue weighted by Gasteiger charge is -2.12. The minimum atomic E-state index is 0.996. The summed E-state index contributed by atoms with van der Waals surface area (Å²) in [5, 5.41) is 25.7. The molecule has 0 aliphatic rings. The summed E-state index contributed by atoms with van der Waals surface area (Å²) in [6.45, 7) is 0. The van der Waals surface area contributed by atoms with E-state index in [0.717, 1.165) is 78.5 Å². The van der Waals surface area contributed by atoms with Gasteiger partial charge in [0.15, 0.2) is 0 Å². The maximum Gasteiger partial charge on any atom is 0.0788 e. The van der Waals surface area contributed by atoms with E-state index in [0.29, 0.717) is 0 Å². The highest BCUT2D eigenvalue weighted by molar-refractivity contribution is 6.26. The molecule has 137 heavy (non-hydrogen) atoms. The summed E-state index contributed by atoms with van der Waals surface area (Å²) in [4.78, 5) is 15.9. The van der Waals surface area contributed by atoms with Crippen LogP contribution in [0.3, 0.4) is 0 Å². The minimum absolute atomic E-state index is 0.996. The monoisotopic (exact) mass is 1740 g/mol. The number of rotatable bonds is 9. The first-order valence-electron chi connectivity index (χ1n) is 46.9. The van der Waals surface area contributed by atoms with E-state index in [1.807, 2.05) is 0 Å². The van der Waals surface area contributed by atoms with Crippen LogP contribution in [0.15, 0.2) is 485 Å². The largest absolute Gasteiger partial charge is 0.309 e. The molecule has 0 unspecified atom stereocenters. The van der Waals surface area contributed by atoms with E-state index in [-0.39, 0.29) is 0 Å². The number of para-hydroxylation sites is 9. The van der Waals surface area contributed by atoms with Gasteiger partial charge in [-0.1, -0.05) is 328 Å². The normalized spacial score (nSPS) is 11.9. The lowest BCUT2D eigenvalue weighted by Crippen LogP contribution is -1.95. The van der Waals surface area contributed by atoms with Crippen molar-refractivity contribution >= 4 is 190 Å². The van der Waals surface area contributed by atoms with Gasteiger partial charge in [-0.05, 0) is 196 Å². The first kappa shape index (κ1) is 77.4. The zero-order valence-corrected chi connectivity index (χ0v) is 74.3. The average Bonchev–Trinajstić information content (AvgIpc) is 1.54. The molecule has 0 N–H and O–H groups in total. The highest BCUT2D eigenvalue weighted by Gasteiger charge is 2.26. The van der Waals surface area contributed by atoms with Crippen LogP contribution in [0.4, 0.5) is 0 Å². The molecular weight excluding hydrogens is 1660 g/mol. The number of benzene rings is 21. The van der Waals surface area contributed by atoms with E-state index in [1.165, 1.54) is 191 Å². The maximum absolute atomic E-state index is 5.38. The standard InChI is InChI=1S/C49H31N3.C43H27N3.C37H22N2/c1-4-14-32(15-5-1)33-24-26-44-40(28-33)37-20-10-11-22-39(37)49(50-44)34-25-27-46-41(29-34)43-30-42-38-21-12-13-23-45(38)51(35-16-6-2-7-17-35)47(42)31-48(43)52(46)36-18-8-3-9-19-36;1-3-13-29(14-4-1)45-39-22-12-10-19-33(39)36-26-37-35-25-28(43-34-20-8-7-17-31(34)32-18-9-11-21-38(32)44-43)23-24-40(35)46(42(37)27-41(36)45)30-15-5-2-6-16-30;1-2-9-23(10-3-1)24-17-19-33-31(21-24)26-11-4-5-13-28(26)36(38-33)25-18-20-35-32(22-25)30-15-8-14-29-27-12-6-7-16-34(27)39(35)37(29)30/h1-31H;1-27H;1-22H. The molecule has 8 heteroatoms. The third-order valence-electron chi connectivity index (χ3n) is 28.4. The Labute approximate surface area is 786 Å². The van der Waals surface area contributed by atoms with Gasteiger partial charge in [0, 0.05) is 136 Å². The van der Waals surface area contributed by atoms with E-state index >= 15 is 0 Å². The minimum Gasteiger partial charge on any atom is -0.309 e. The van der Waals surface area contributed by atoms with Gasteiger partial charge in [-0.15, -0.1) is 0 Å². The predicted octanol–water partition coefficient (Wildman–Crippen LogP) is 34.0. The quantitative estimate of drug-likeness (QED) is 0.135. The predicted molar refractivity (Wildman–Crippen MR) is 577 cm³/mol. The Balaban J connectivity index is 0.000000103. The van der Waals surface area contributed by atoms with Crippen LogP contribution >= 0.6 is 0 Å². The van der Waals surface area contributed by atoms with Crippen LogP contribution in [-0.2, 0) is 0 Å².